The molecule has 0 bridgehead atoms. The molecule has 0 unspecified atom stereocenters. The summed E-state index contributed by atoms with van der Waals surface area (Å²) in [7, 11) is 3.76. The Morgan fingerprint density at radius 1 is 1.15 bits per heavy atom. The van der Waals surface area contributed by atoms with Gasteiger partial charge in [0.25, 0.3) is 0 Å². The summed E-state index contributed by atoms with van der Waals surface area (Å²) in [5.41, 5.74) is 5.76. The Morgan fingerprint density at radius 2 is 1.95 bits per heavy atom. The Morgan fingerprint density at radius 3 is 2.65 bits per heavy atom. The molecule has 0 radical (unpaired) electrons. The second-order valence-electron chi connectivity index (χ2n) is 5.09. The molecule has 0 saturated carbocycles. The zero-order valence-electron chi connectivity index (χ0n) is 12.2. The summed E-state index contributed by atoms with van der Waals surface area (Å²) in [5, 5.41) is 9.02. The first-order valence-corrected chi connectivity index (χ1v) is 6.87. The number of aliphatic hydroxyl groups excluding tert-OH is 1. The van der Waals surface area contributed by atoms with Crippen LogP contribution in [0.4, 0.5) is 17.8 Å². The molecule has 8 heteroatoms. The van der Waals surface area contributed by atoms with Crippen LogP contribution >= 0.6 is 0 Å². The van der Waals surface area contributed by atoms with E-state index in [1.165, 1.54) is 0 Å². The summed E-state index contributed by atoms with van der Waals surface area (Å²) < 4.78 is 0. The van der Waals surface area contributed by atoms with Gasteiger partial charge in [-0.15, -0.1) is 0 Å². The summed E-state index contributed by atoms with van der Waals surface area (Å²) in [5.74, 6) is 1.45. The fraction of sp³-hybridized carbons (Fsp3) is 0.750. The van der Waals surface area contributed by atoms with Crippen LogP contribution in [0.2, 0.25) is 0 Å². The van der Waals surface area contributed by atoms with Gasteiger partial charge >= 0.3 is 0 Å². The Bertz CT molecular complexity index is 440. The van der Waals surface area contributed by atoms with Crippen molar-refractivity contribution in [3.8, 4) is 0 Å². The van der Waals surface area contributed by atoms with E-state index in [1.807, 2.05) is 19.0 Å². The Labute approximate surface area is 119 Å². The minimum absolute atomic E-state index is 0.198. The van der Waals surface area contributed by atoms with E-state index >= 15 is 0 Å². The highest BCUT2D eigenvalue weighted by Crippen LogP contribution is 2.15. The minimum atomic E-state index is 0.198. The van der Waals surface area contributed by atoms with Gasteiger partial charge in [0, 0.05) is 40.3 Å². The molecule has 0 aromatic carbocycles. The number of hydrogen-bond donors (Lipinski definition) is 2. The van der Waals surface area contributed by atoms with Crippen molar-refractivity contribution in [2.45, 2.75) is 6.42 Å². The molecule has 1 aliphatic heterocycles. The zero-order chi connectivity index (χ0) is 14.5. The number of nitrogens with zero attached hydrogens (tertiary/aromatic N) is 6. The molecule has 112 valence electrons. The number of nitrogens with two attached hydrogens (primary N) is 1. The van der Waals surface area contributed by atoms with Crippen molar-refractivity contribution in [2.75, 3.05) is 69.0 Å². The first-order chi connectivity index (χ1) is 9.60. The standard InChI is InChI=1S/C12H23N7O/c1-17(2)11-14-10(13)15-12(16-11)19-5-3-4-18(6-7-19)8-9-20/h20H,3-9H2,1-2H3,(H2,13,14,15,16). The minimum Gasteiger partial charge on any atom is -0.395 e. The van der Waals surface area contributed by atoms with Gasteiger partial charge in [0.2, 0.25) is 17.8 Å². The third-order valence-corrected chi connectivity index (χ3v) is 3.32. The van der Waals surface area contributed by atoms with E-state index in [2.05, 4.69) is 24.8 Å². The zero-order valence-corrected chi connectivity index (χ0v) is 12.2. The van der Waals surface area contributed by atoms with Gasteiger partial charge in [-0.2, -0.15) is 15.0 Å². The summed E-state index contributed by atoms with van der Waals surface area (Å²) in [6, 6.07) is 0. The maximum atomic E-state index is 9.02. The molecule has 1 aliphatic rings. The van der Waals surface area contributed by atoms with Crippen LogP contribution < -0.4 is 15.5 Å². The molecule has 20 heavy (non-hydrogen) atoms. The molecular formula is C12H23N7O. The number of β-amino-alcohol motifs (C(OH)–C–C–N with tert-alkyl or cyclic N) is 1. The van der Waals surface area contributed by atoms with Crippen molar-refractivity contribution in [1.29, 1.82) is 0 Å². The number of aliphatic hydroxyl groups is 1. The van der Waals surface area contributed by atoms with E-state index in [0.29, 0.717) is 11.9 Å². The molecule has 2 rings (SSSR count). The molecule has 1 aromatic heterocycles. The van der Waals surface area contributed by atoms with Crippen molar-refractivity contribution in [2.24, 2.45) is 0 Å². The van der Waals surface area contributed by atoms with Crippen molar-refractivity contribution in [1.82, 2.24) is 19.9 Å². The smallest absolute Gasteiger partial charge is 0.232 e. The van der Waals surface area contributed by atoms with Crippen LogP contribution in [-0.2, 0) is 0 Å². The highest BCUT2D eigenvalue weighted by Gasteiger charge is 2.18. The average molecular weight is 281 g/mol. The third kappa shape index (κ3) is 3.67. The quantitative estimate of drug-likeness (QED) is 0.727. The van der Waals surface area contributed by atoms with Gasteiger partial charge in [-0.25, -0.2) is 0 Å². The summed E-state index contributed by atoms with van der Waals surface area (Å²) in [4.78, 5) is 19.0. The van der Waals surface area contributed by atoms with E-state index in [-0.39, 0.29) is 12.6 Å². The van der Waals surface area contributed by atoms with Gasteiger partial charge in [-0.1, -0.05) is 0 Å². The lowest BCUT2D eigenvalue weighted by atomic mass is 10.4. The molecule has 3 N–H and O–H groups in total. The molecule has 0 aliphatic carbocycles. The Balaban J connectivity index is 2.11. The Hall–Kier alpha value is -1.67. The van der Waals surface area contributed by atoms with Crippen molar-refractivity contribution in [3.05, 3.63) is 0 Å². The normalized spacial score (nSPS) is 17.1. The number of rotatable bonds is 4. The van der Waals surface area contributed by atoms with Crippen molar-refractivity contribution >= 4 is 17.8 Å². The van der Waals surface area contributed by atoms with Crippen LogP contribution in [-0.4, -0.2) is 78.4 Å². The lowest BCUT2D eigenvalue weighted by Crippen LogP contribution is -2.33. The van der Waals surface area contributed by atoms with Gasteiger partial charge in [0.05, 0.1) is 6.61 Å². The van der Waals surface area contributed by atoms with Gasteiger partial charge in [0.1, 0.15) is 0 Å². The average Bonchev–Trinajstić information content (AvgIpc) is 2.64. The first-order valence-electron chi connectivity index (χ1n) is 6.87. The molecule has 0 amide bonds. The number of anilines is 3. The third-order valence-electron chi connectivity index (χ3n) is 3.32. The largest absolute Gasteiger partial charge is 0.395 e. The van der Waals surface area contributed by atoms with Gasteiger partial charge < -0.3 is 20.6 Å². The van der Waals surface area contributed by atoms with E-state index in [4.69, 9.17) is 10.8 Å². The topological polar surface area (TPSA) is 94.6 Å². The van der Waals surface area contributed by atoms with Crippen LogP contribution in [0, 0.1) is 0 Å². The van der Waals surface area contributed by atoms with Gasteiger partial charge in [-0.3, -0.25) is 4.90 Å². The second-order valence-corrected chi connectivity index (χ2v) is 5.09. The fourth-order valence-corrected chi connectivity index (χ4v) is 2.25. The lowest BCUT2D eigenvalue weighted by molar-refractivity contribution is 0.204. The highest BCUT2D eigenvalue weighted by molar-refractivity contribution is 5.42. The number of nitrogen functional groups attached to an aromatic ring is 1. The van der Waals surface area contributed by atoms with E-state index in [1.54, 1.807) is 0 Å². The number of hydrogen-bond acceptors (Lipinski definition) is 8. The van der Waals surface area contributed by atoms with Gasteiger partial charge in [-0.05, 0) is 13.0 Å². The molecule has 0 spiro atoms. The maximum absolute atomic E-state index is 9.02. The van der Waals surface area contributed by atoms with Crippen LogP contribution in [0.1, 0.15) is 6.42 Å². The number of aromatic nitrogens is 3. The Kier molecular flexibility index (Phi) is 4.91. The molecule has 8 nitrogen and oxygen atoms in total. The maximum Gasteiger partial charge on any atom is 0.232 e. The lowest BCUT2D eigenvalue weighted by Gasteiger charge is -2.22. The van der Waals surface area contributed by atoms with Crippen molar-refractivity contribution < 1.29 is 5.11 Å². The predicted octanol–water partition coefficient (Wildman–Crippen LogP) is -0.976. The van der Waals surface area contributed by atoms with Crippen LogP contribution in [0.3, 0.4) is 0 Å². The molecule has 1 aromatic rings. The summed E-state index contributed by atoms with van der Waals surface area (Å²) in [6.45, 7) is 4.51. The van der Waals surface area contributed by atoms with Crippen LogP contribution in [0.5, 0.6) is 0 Å². The van der Waals surface area contributed by atoms with Crippen LogP contribution in [0.15, 0.2) is 0 Å². The van der Waals surface area contributed by atoms with Crippen molar-refractivity contribution in [3.63, 3.8) is 0 Å². The summed E-state index contributed by atoms with van der Waals surface area (Å²) in [6.07, 6.45) is 1.02. The monoisotopic (exact) mass is 281 g/mol. The first kappa shape index (κ1) is 14.7. The van der Waals surface area contributed by atoms with E-state index in [0.717, 1.165) is 39.1 Å². The fourth-order valence-electron chi connectivity index (χ4n) is 2.25. The SMILES string of the molecule is CN(C)c1nc(N)nc(N2CCCN(CCO)CC2)n1. The molecule has 1 saturated heterocycles. The molecule has 2 heterocycles. The van der Waals surface area contributed by atoms with E-state index < -0.39 is 0 Å². The van der Waals surface area contributed by atoms with E-state index in [9.17, 15) is 0 Å². The van der Waals surface area contributed by atoms with Gasteiger partial charge in [0.15, 0.2) is 0 Å². The predicted molar refractivity (Wildman–Crippen MR) is 78.9 cm³/mol. The molecule has 0 atom stereocenters. The van der Waals surface area contributed by atoms with Crippen LogP contribution in [0.25, 0.3) is 0 Å². The summed E-state index contributed by atoms with van der Waals surface area (Å²) >= 11 is 0. The molecule has 1 fully saturated rings. The highest BCUT2D eigenvalue weighted by atomic mass is 16.3. The second kappa shape index (κ2) is 6.67. The molecular weight excluding hydrogens is 258 g/mol.